The molecular weight excluding hydrogens is 269 g/mol. The SMILES string of the molecule is CCCNc1ncc(F)cc1C(=O)NC1(C)CCCCC1. The molecule has 0 radical (unpaired) electrons. The molecule has 0 bridgehead atoms. The lowest BCUT2D eigenvalue weighted by atomic mass is 9.83. The van der Waals surface area contributed by atoms with Gasteiger partial charge in [-0.15, -0.1) is 0 Å². The number of rotatable bonds is 5. The number of hydrogen-bond donors (Lipinski definition) is 2. The molecule has 0 saturated heterocycles. The van der Waals surface area contributed by atoms with Gasteiger partial charge in [0.1, 0.15) is 11.6 Å². The van der Waals surface area contributed by atoms with Crippen molar-refractivity contribution in [3.05, 3.63) is 23.6 Å². The summed E-state index contributed by atoms with van der Waals surface area (Å²) in [5, 5.41) is 6.15. The molecule has 2 rings (SSSR count). The minimum Gasteiger partial charge on any atom is -0.369 e. The van der Waals surface area contributed by atoms with Crippen LogP contribution < -0.4 is 10.6 Å². The van der Waals surface area contributed by atoms with Crippen molar-refractivity contribution in [3.63, 3.8) is 0 Å². The number of anilines is 1. The fraction of sp³-hybridized carbons (Fsp3) is 0.625. The molecule has 4 nitrogen and oxygen atoms in total. The van der Waals surface area contributed by atoms with Crippen LogP contribution in [0.5, 0.6) is 0 Å². The van der Waals surface area contributed by atoms with Crippen molar-refractivity contribution >= 4 is 11.7 Å². The van der Waals surface area contributed by atoms with Gasteiger partial charge in [-0.3, -0.25) is 4.79 Å². The Labute approximate surface area is 125 Å². The summed E-state index contributed by atoms with van der Waals surface area (Å²) in [5.41, 5.74) is 0.0965. The summed E-state index contributed by atoms with van der Waals surface area (Å²) >= 11 is 0. The van der Waals surface area contributed by atoms with Crippen molar-refractivity contribution in [2.75, 3.05) is 11.9 Å². The van der Waals surface area contributed by atoms with Gasteiger partial charge >= 0.3 is 0 Å². The smallest absolute Gasteiger partial charge is 0.255 e. The van der Waals surface area contributed by atoms with Crippen LogP contribution in [0.25, 0.3) is 0 Å². The van der Waals surface area contributed by atoms with Crippen LogP contribution in [-0.4, -0.2) is 23.0 Å². The molecular formula is C16H24FN3O. The van der Waals surface area contributed by atoms with E-state index in [9.17, 15) is 9.18 Å². The monoisotopic (exact) mass is 293 g/mol. The normalized spacial score (nSPS) is 17.3. The van der Waals surface area contributed by atoms with Crippen LogP contribution in [0.15, 0.2) is 12.3 Å². The quantitative estimate of drug-likeness (QED) is 0.873. The molecule has 1 aliphatic rings. The standard InChI is InChI=1S/C16H24FN3O/c1-3-9-18-14-13(10-12(17)11-19-14)15(21)20-16(2)7-5-4-6-8-16/h10-11H,3-9H2,1-2H3,(H,18,19)(H,20,21). The van der Waals surface area contributed by atoms with Crippen molar-refractivity contribution in [2.24, 2.45) is 0 Å². The number of pyridine rings is 1. The maximum atomic E-state index is 13.4. The highest BCUT2D eigenvalue weighted by atomic mass is 19.1. The van der Waals surface area contributed by atoms with Gasteiger partial charge in [-0.05, 0) is 32.3 Å². The van der Waals surface area contributed by atoms with E-state index in [4.69, 9.17) is 0 Å². The summed E-state index contributed by atoms with van der Waals surface area (Å²) < 4.78 is 13.4. The van der Waals surface area contributed by atoms with Gasteiger partial charge in [0, 0.05) is 12.1 Å². The van der Waals surface area contributed by atoms with E-state index in [1.54, 1.807) is 0 Å². The fourth-order valence-corrected chi connectivity index (χ4v) is 2.80. The van der Waals surface area contributed by atoms with E-state index >= 15 is 0 Å². The summed E-state index contributed by atoms with van der Waals surface area (Å²) in [6.07, 6.45) is 7.46. The Hall–Kier alpha value is -1.65. The summed E-state index contributed by atoms with van der Waals surface area (Å²) in [6.45, 7) is 4.80. The number of amides is 1. The molecule has 21 heavy (non-hydrogen) atoms. The fourth-order valence-electron chi connectivity index (χ4n) is 2.80. The first-order valence-electron chi connectivity index (χ1n) is 7.76. The van der Waals surface area contributed by atoms with Gasteiger partial charge in [0.05, 0.1) is 11.8 Å². The number of aromatic nitrogens is 1. The molecule has 1 heterocycles. The molecule has 0 aliphatic heterocycles. The van der Waals surface area contributed by atoms with Gasteiger partial charge in [-0.25, -0.2) is 9.37 Å². The highest BCUT2D eigenvalue weighted by molar-refractivity contribution is 5.99. The molecule has 1 aromatic heterocycles. The largest absolute Gasteiger partial charge is 0.369 e. The van der Waals surface area contributed by atoms with Gasteiger partial charge in [0.25, 0.3) is 5.91 Å². The van der Waals surface area contributed by atoms with Crippen LogP contribution >= 0.6 is 0 Å². The lowest BCUT2D eigenvalue weighted by molar-refractivity contribution is 0.0882. The maximum absolute atomic E-state index is 13.4. The Bertz CT molecular complexity index is 498. The number of carbonyl (C=O) groups is 1. The molecule has 2 N–H and O–H groups in total. The first-order chi connectivity index (χ1) is 10.0. The second-order valence-corrected chi connectivity index (χ2v) is 6.05. The number of hydrogen-bond acceptors (Lipinski definition) is 3. The summed E-state index contributed by atoms with van der Waals surface area (Å²) in [4.78, 5) is 16.5. The Morgan fingerprint density at radius 2 is 2.10 bits per heavy atom. The minimum absolute atomic E-state index is 0.191. The van der Waals surface area contributed by atoms with Gasteiger partial charge in [0.2, 0.25) is 0 Å². The minimum atomic E-state index is -0.490. The predicted molar refractivity (Wildman–Crippen MR) is 81.9 cm³/mol. The molecule has 0 atom stereocenters. The summed E-state index contributed by atoms with van der Waals surface area (Å²) in [6, 6.07) is 1.26. The van der Waals surface area contributed by atoms with Crippen molar-refractivity contribution in [1.82, 2.24) is 10.3 Å². The lowest BCUT2D eigenvalue weighted by Gasteiger charge is -2.34. The average Bonchev–Trinajstić information content (AvgIpc) is 2.46. The zero-order valence-electron chi connectivity index (χ0n) is 12.8. The van der Waals surface area contributed by atoms with E-state index in [0.717, 1.165) is 38.3 Å². The van der Waals surface area contributed by atoms with Gasteiger partial charge in [-0.1, -0.05) is 26.2 Å². The number of nitrogens with zero attached hydrogens (tertiary/aromatic N) is 1. The third-order valence-electron chi connectivity index (χ3n) is 4.01. The van der Waals surface area contributed by atoms with E-state index in [-0.39, 0.29) is 17.0 Å². The van der Waals surface area contributed by atoms with Crippen LogP contribution in [0.4, 0.5) is 10.2 Å². The highest BCUT2D eigenvalue weighted by Crippen LogP contribution is 2.28. The zero-order valence-corrected chi connectivity index (χ0v) is 12.8. The topological polar surface area (TPSA) is 54.0 Å². The van der Waals surface area contributed by atoms with Crippen LogP contribution in [0.1, 0.15) is 62.7 Å². The average molecular weight is 293 g/mol. The van der Waals surface area contributed by atoms with E-state index in [0.29, 0.717) is 12.4 Å². The Morgan fingerprint density at radius 1 is 1.38 bits per heavy atom. The number of nitrogens with one attached hydrogen (secondary N) is 2. The Balaban J connectivity index is 2.15. The highest BCUT2D eigenvalue weighted by Gasteiger charge is 2.29. The van der Waals surface area contributed by atoms with Gasteiger partial charge < -0.3 is 10.6 Å². The molecule has 116 valence electrons. The van der Waals surface area contributed by atoms with Crippen LogP contribution in [0, 0.1) is 5.82 Å². The van der Waals surface area contributed by atoms with E-state index in [2.05, 4.69) is 22.5 Å². The van der Waals surface area contributed by atoms with Crippen molar-refractivity contribution in [3.8, 4) is 0 Å². The predicted octanol–water partition coefficient (Wildman–Crippen LogP) is 3.50. The molecule has 1 saturated carbocycles. The van der Waals surface area contributed by atoms with E-state index in [1.807, 2.05) is 6.92 Å². The first kappa shape index (κ1) is 15.7. The maximum Gasteiger partial charge on any atom is 0.255 e. The molecule has 1 aliphatic carbocycles. The van der Waals surface area contributed by atoms with E-state index in [1.165, 1.54) is 12.5 Å². The lowest BCUT2D eigenvalue weighted by Crippen LogP contribution is -2.47. The third kappa shape index (κ3) is 4.16. The van der Waals surface area contributed by atoms with Crippen molar-refractivity contribution in [1.29, 1.82) is 0 Å². The number of halogens is 1. The molecule has 1 fully saturated rings. The van der Waals surface area contributed by atoms with Gasteiger partial charge in [-0.2, -0.15) is 0 Å². The Morgan fingerprint density at radius 3 is 2.76 bits per heavy atom. The van der Waals surface area contributed by atoms with Crippen LogP contribution in [0.2, 0.25) is 0 Å². The van der Waals surface area contributed by atoms with E-state index < -0.39 is 5.82 Å². The van der Waals surface area contributed by atoms with Crippen LogP contribution in [0.3, 0.4) is 0 Å². The zero-order chi connectivity index (χ0) is 15.3. The second kappa shape index (κ2) is 6.87. The molecule has 5 heteroatoms. The second-order valence-electron chi connectivity index (χ2n) is 6.05. The first-order valence-corrected chi connectivity index (χ1v) is 7.76. The van der Waals surface area contributed by atoms with Crippen LogP contribution in [-0.2, 0) is 0 Å². The molecule has 0 aromatic carbocycles. The molecule has 1 aromatic rings. The number of carbonyl (C=O) groups excluding carboxylic acids is 1. The molecule has 0 spiro atoms. The van der Waals surface area contributed by atoms with Crippen molar-refractivity contribution in [2.45, 2.75) is 57.9 Å². The Kier molecular flexibility index (Phi) is 5.15. The third-order valence-corrected chi connectivity index (χ3v) is 4.01. The molecule has 1 amide bonds. The molecule has 0 unspecified atom stereocenters. The summed E-state index contributed by atoms with van der Waals surface area (Å²) in [7, 11) is 0. The van der Waals surface area contributed by atoms with Gasteiger partial charge in [0.15, 0.2) is 0 Å². The summed E-state index contributed by atoms with van der Waals surface area (Å²) in [5.74, 6) is -0.281. The van der Waals surface area contributed by atoms with Crippen molar-refractivity contribution < 1.29 is 9.18 Å².